The van der Waals surface area contributed by atoms with E-state index in [-0.39, 0.29) is 5.56 Å². The Bertz CT molecular complexity index is 572. The summed E-state index contributed by atoms with van der Waals surface area (Å²) >= 11 is 0. The third-order valence-corrected chi connectivity index (χ3v) is 5.73. The molecule has 4 nitrogen and oxygen atoms in total. The Labute approximate surface area is 132 Å². The number of likely N-dealkylation sites (tertiary alicyclic amines) is 1. The minimum atomic E-state index is 0.0693. The summed E-state index contributed by atoms with van der Waals surface area (Å²) in [6.07, 6.45) is 11.8. The van der Waals surface area contributed by atoms with E-state index in [0.29, 0.717) is 12.0 Å². The molecule has 0 spiro atoms. The van der Waals surface area contributed by atoms with Crippen molar-refractivity contribution >= 4 is 0 Å². The highest BCUT2D eigenvalue weighted by Crippen LogP contribution is 2.38. The van der Waals surface area contributed by atoms with Crippen LogP contribution in [0.3, 0.4) is 0 Å². The molecule has 0 bridgehead atoms. The zero-order valence-electron chi connectivity index (χ0n) is 13.4. The summed E-state index contributed by atoms with van der Waals surface area (Å²) in [6.45, 7) is 2.00. The predicted molar refractivity (Wildman–Crippen MR) is 87.1 cm³/mol. The van der Waals surface area contributed by atoms with Gasteiger partial charge in [0, 0.05) is 24.1 Å². The van der Waals surface area contributed by atoms with Crippen molar-refractivity contribution in [1.82, 2.24) is 14.7 Å². The van der Waals surface area contributed by atoms with Crippen LogP contribution in [0.25, 0.3) is 0 Å². The minimum Gasteiger partial charge on any atom is -0.296 e. The highest BCUT2D eigenvalue weighted by molar-refractivity contribution is 5.12. The maximum Gasteiger partial charge on any atom is 0.266 e. The molecule has 1 unspecified atom stereocenters. The van der Waals surface area contributed by atoms with E-state index in [4.69, 9.17) is 0 Å². The van der Waals surface area contributed by atoms with Gasteiger partial charge in [-0.15, -0.1) is 0 Å². The third kappa shape index (κ3) is 2.98. The molecule has 22 heavy (non-hydrogen) atoms. The average molecular weight is 301 g/mol. The van der Waals surface area contributed by atoms with Gasteiger partial charge >= 0.3 is 0 Å². The molecule has 1 saturated heterocycles. The lowest BCUT2D eigenvalue weighted by atomic mass is 9.94. The molecule has 0 N–H and O–H groups in total. The van der Waals surface area contributed by atoms with Crippen LogP contribution < -0.4 is 5.56 Å². The van der Waals surface area contributed by atoms with E-state index in [1.54, 1.807) is 10.7 Å². The lowest BCUT2D eigenvalue weighted by Gasteiger charge is -2.35. The van der Waals surface area contributed by atoms with Gasteiger partial charge < -0.3 is 0 Å². The Balaban J connectivity index is 1.49. The van der Waals surface area contributed by atoms with Crippen LogP contribution in [0.15, 0.2) is 16.9 Å². The molecule has 2 aliphatic carbocycles. The maximum atomic E-state index is 12.2. The van der Waals surface area contributed by atoms with Crippen LogP contribution in [-0.4, -0.2) is 33.3 Å². The van der Waals surface area contributed by atoms with Crippen LogP contribution in [0.5, 0.6) is 0 Å². The first-order chi connectivity index (χ1) is 10.8. The van der Waals surface area contributed by atoms with Crippen molar-refractivity contribution in [2.75, 3.05) is 6.54 Å². The Kier molecular flexibility index (Phi) is 4.03. The molecular weight excluding hydrogens is 274 g/mol. The fourth-order valence-corrected chi connectivity index (χ4v) is 4.34. The van der Waals surface area contributed by atoms with Crippen LogP contribution in [-0.2, 0) is 6.54 Å². The zero-order valence-corrected chi connectivity index (χ0v) is 13.4. The van der Waals surface area contributed by atoms with Gasteiger partial charge in [0.2, 0.25) is 0 Å². The van der Waals surface area contributed by atoms with Gasteiger partial charge in [0.05, 0.1) is 12.2 Å². The second kappa shape index (κ2) is 6.15. The lowest BCUT2D eigenvalue weighted by Crippen LogP contribution is -2.43. The molecule has 0 radical (unpaired) electrons. The summed E-state index contributed by atoms with van der Waals surface area (Å²) in [4.78, 5) is 14.9. The van der Waals surface area contributed by atoms with Crippen molar-refractivity contribution < 1.29 is 0 Å². The number of hydrogen-bond donors (Lipinski definition) is 0. The lowest BCUT2D eigenvalue weighted by molar-refractivity contribution is 0.128. The molecule has 2 heterocycles. The average Bonchev–Trinajstić information content (AvgIpc) is 3.30. The molecule has 3 aliphatic rings. The molecule has 1 aromatic rings. The summed E-state index contributed by atoms with van der Waals surface area (Å²) in [5.74, 6) is 0.616. The van der Waals surface area contributed by atoms with E-state index in [2.05, 4.69) is 10.00 Å². The van der Waals surface area contributed by atoms with Gasteiger partial charge in [-0.2, -0.15) is 5.10 Å². The molecule has 0 amide bonds. The van der Waals surface area contributed by atoms with E-state index in [1.165, 1.54) is 64.3 Å². The first-order valence-electron chi connectivity index (χ1n) is 9.15. The van der Waals surface area contributed by atoms with Crippen molar-refractivity contribution in [3.05, 3.63) is 28.2 Å². The number of hydrogen-bond acceptors (Lipinski definition) is 3. The summed E-state index contributed by atoms with van der Waals surface area (Å²) in [6, 6.07) is 4.93. The van der Waals surface area contributed by atoms with E-state index >= 15 is 0 Å². The number of rotatable bonds is 4. The quantitative estimate of drug-likeness (QED) is 0.858. The van der Waals surface area contributed by atoms with E-state index in [0.717, 1.165) is 18.3 Å². The first-order valence-corrected chi connectivity index (χ1v) is 9.15. The fourth-order valence-electron chi connectivity index (χ4n) is 4.34. The molecule has 1 atom stereocenters. The van der Waals surface area contributed by atoms with Gasteiger partial charge in [0.25, 0.3) is 5.56 Å². The second-order valence-corrected chi connectivity index (χ2v) is 7.38. The molecule has 4 heteroatoms. The van der Waals surface area contributed by atoms with Gasteiger partial charge in [-0.25, -0.2) is 4.68 Å². The van der Waals surface area contributed by atoms with Crippen LogP contribution in [0.2, 0.25) is 0 Å². The molecule has 120 valence electrons. The standard InChI is InChI=1S/C18H27N3O/c22-18-11-10-17(14-8-9-14)19-21(18)13-16-7-4-12-20(16)15-5-2-1-3-6-15/h10-11,14-16H,1-9,12-13H2. The summed E-state index contributed by atoms with van der Waals surface area (Å²) in [5, 5.41) is 4.65. The molecule has 3 fully saturated rings. The van der Waals surface area contributed by atoms with E-state index in [9.17, 15) is 4.79 Å². The predicted octanol–water partition coefficient (Wildman–Crippen LogP) is 2.92. The van der Waals surface area contributed by atoms with Crippen LogP contribution in [0.1, 0.15) is 69.4 Å². The van der Waals surface area contributed by atoms with E-state index in [1.807, 2.05) is 6.07 Å². The maximum absolute atomic E-state index is 12.2. The van der Waals surface area contributed by atoms with Gasteiger partial charge in [0.15, 0.2) is 0 Å². The van der Waals surface area contributed by atoms with Crippen molar-refractivity contribution in [2.45, 2.75) is 82.3 Å². The van der Waals surface area contributed by atoms with Crippen LogP contribution in [0, 0.1) is 0 Å². The SMILES string of the molecule is O=c1ccc(C2CC2)nn1CC1CCCN1C1CCCCC1. The van der Waals surface area contributed by atoms with Crippen molar-refractivity contribution in [3.8, 4) is 0 Å². The molecular formula is C18H27N3O. The summed E-state index contributed by atoms with van der Waals surface area (Å²) in [5.41, 5.74) is 1.20. The van der Waals surface area contributed by atoms with E-state index < -0.39 is 0 Å². The van der Waals surface area contributed by atoms with Gasteiger partial charge in [0.1, 0.15) is 0 Å². The Hall–Kier alpha value is -1.16. The van der Waals surface area contributed by atoms with Gasteiger partial charge in [-0.05, 0) is 51.1 Å². The zero-order chi connectivity index (χ0) is 14.9. The van der Waals surface area contributed by atoms with Crippen molar-refractivity contribution in [1.29, 1.82) is 0 Å². The molecule has 1 aromatic heterocycles. The highest BCUT2D eigenvalue weighted by Gasteiger charge is 2.32. The molecule has 0 aromatic carbocycles. The minimum absolute atomic E-state index is 0.0693. The summed E-state index contributed by atoms with van der Waals surface area (Å²) in [7, 11) is 0. The van der Waals surface area contributed by atoms with Gasteiger partial charge in [-0.1, -0.05) is 19.3 Å². The van der Waals surface area contributed by atoms with Crippen LogP contribution in [0.4, 0.5) is 0 Å². The third-order valence-electron chi connectivity index (χ3n) is 5.73. The van der Waals surface area contributed by atoms with Crippen molar-refractivity contribution in [3.63, 3.8) is 0 Å². The smallest absolute Gasteiger partial charge is 0.266 e. The molecule has 1 aliphatic heterocycles. The first kappa shape index (κ1) is 14.4. The summed E-state index contributed by atoms with van der Waals surface area (Å²) < 4.78 is 1.75. The molecule has 2 saturated carbocycles. The fraction of sp³-hybridized carbons (Fsp3) is 0.778. The van der Waals surface area contributed by atoms with Crippen molar-refractivity contribution in [2.24, 2.45) is 0 Å². The highest BCUT2D eigenvalue weighted by atomic mass is 16.1. The Morgan fingerprint density at radius 1 is 1.00 bits per heavy atom. The van der Waals surface area contributed by atoms with Crippen LogP contribution >= 0.6 is 0 Å². The largest absolute Gasteiger partial charge is 0.296 e. The van der Waals surface area contributed by atoms with Gasteiger partial charge in [-0.3, -0.25) is 9.69 Å². The Morgan fingerprint density at radius 2 is 1.82 bits per heavy atom. The molecule has 4 rings (SSSR count). The monoisotopic (exact) mass is 301 g/mol. The number of aromatic nitrogens is 2. The second-order valence-electron chi connectivity index (χ2n) is 7.38. The normalized spacial score (nSPS) is 27.4. The topological polar surface area (TPSA) is 38.1 Å². The Morgan fingerprint density at radius 3 is 2.59 bits per heavy atom. The number of nitrogens with zero attached hydrogens (tertiary/aromatic N) is 3.